The molecule has 0 bridgehead atoms. The highest BCUT2D eigenvalue weighted by Gasteiger charge is 2.52. The van der Waals surface area contributed by atoms with Crippen molar-refractivity contribution >= 4 is 21.7 Å². The lowest BCUT2D eigenvalue weighted by atomic mass is 9.92. The molecule has 3 aliphatic rings. The molecule has 174 valence electrons. The normalized spacial score (nSPS) is 31.5. The molecule has 9 heteroatoms. The molecule has 1 N–H and O–H groups in total. The third-order valence-corrected chi connectivity index (χ3v) is 8.93. The second-order valence-electron chi connectivity index (χ2n) is 9.35. The largest absolute Gasteiger partial charge is 0.372 e. The summed E-state index contributed by atoms with van der Waals surface area (Å²) in [6.07, 6.45) is 1.04. The zero-order chi connectivity index (χ0) is 23.1. The van der Waals surface area contributed by atoms with Crippen molar-refractivity contribution in [1.29, 1.82) is 5.26 Å². The fraction of sp³-hybridized carbons (Fsp3) is 0.609. The third-order valence-electron chi connectivity index (χ3n) is 6.74. The average Bonchev–Trinajstić information content (AvgIpc) is 3.38. The number of ether oxygens (including phenoxy) is 1. The second-order valence-corrected chi connectivity index (χ2v) is 11.6. The van der Waals surface area contributed by atoms with Crippen molar-refractivity contribution in [2.24, 2.45) is 11.8 Å². The Hall–Kier alpha value is -2.44. The monoisotopic (exact) mass is 461 g/mol. The third kappa shape index (κ3) is 4.39. The molecule has 0 unspecified atom stereocenters. The van der Waals surface area contributed by atoms with Crippen LogP contribution in [0, 0.1) is 23.2 Å². The van der Waals surface area contributed by atoms with E-state index >= 15 is 0 Å². The van der Waals surface area contributed by atoms with E-state index in [2.05, 4.69) is 11.4 Å². The first kappa shape index (κ1) is 22.7. The first-order valence-corrected chi connectivity index (χ1v) is 12.7. The van der Waals surface area contributed by atoms with Gasteiger partial charge in [-0.05, 0) is 51.7 Å². The zero-order valence-electron chi connectivity index (χ0n) is 18.4. The molecule has 32 heavy (non-hydrogen) atoms. The standard InChI is InChI=1S/C23H29N3O5S.H2/c1-15-12-26(13-16(2)31-15)22(28)20-11-18(32(29,30)17-6-4-3-5-7-17)10-19(20)21(27)25-23(14-24)8-9-23;/h3-7,15-16,18-20H,8-13H2,1-2H3,(H,25,27);1H/t15-,16+,18-,19-,20-;/m1./s1. The molecule has 0 radical (unpaired) electrons. The van der Waals surface area contributed by atoms with Crippen LogP contribution in [-0.4, -0.2) is 61.2 Å². The maximum absolute atomic E-state index is 13.5. The quantitative estimate of drug-likeness (QED) is 0.716. The lowest BCUT2D eigenvalue weighted by Crippen LogP contribution is -2.52. The van der Waals surface area contributed by atoms with Gasteiger partial charge >= 0.3 is 0 Å². The van der Waals surface area contributed by atoms with Gasteiger partial charge in [0, 0.05) is 14.5 Å². The number of rotatable bonds is 5. The minimum absolute atomic E-state index is 0. The smallest absolute Gasteiger partial charge is 0.226 e. The summed E-state index contributed by atoms with van der Waals surface area (Å²) in [5.41, 5.74) is -0.872. The number of carbonyl (C=O) groups is 2. The number of benzene rings is 1. The first-order valence-electron chi connectivity index (χ1n) is 11.1. The van der Waals surface area contributed by atoms with Crippen LogP contribution in [0.25, 0.3) is 0 Å². The van der Waals surface area contributed by atoms with E-state index in [1.54, 1.807) is 35.2 Å². The minimum atomic E-state index is -3.70. The van der Waals surface area contributed by atoms with Gasteiger partial charge in [-0.1, -0.05) is 18.2 Å². The van der Waals surface area contributed by atoms with E-state index in [9.17, 15) is 23.3 Å². The Morgan fingerprint density at radius 1 is 1.12 bits per heavy atom. The van der Waals surface area contributed by atoms with Gasteiger partial charge in [-0.3, -0.25) is 9.59 Å². The van der Waals surface area contributed by atoms with E-state index in [0.717, 1.165) is 0 Å². The molecule has 1 aliphatic heterocycles. The number of hydrogen-bond donors (Lipinski definition) is 1. The van der Waals surface area contributed by atoms with Crippen LogP contribution in [-0.2, 0) is 24.2 Å². The molecule has 1 aromatic carbocycles. The minimum Gasteiger partial charge on any atom is -0.372 e. The molecule has 4 rings (SSSR count). The number of carbonyl (C=O) groups excluding carboxylic acids is 2. The zero-order valence-corrected chi connectivity index (χ0v) is 19.2. The second kappa shape index (κ2) is 8.49. The Morgan fingerprint density at radius 2 is 1.72 bits per heavy atom. The molecule has 1 saturated heterocycles. The van der Waals surface area contributed by atoms with Gasteiger partial charge in [0.1, 0.15) is 5.54 Å². The number of morpholine rings is 1. The van der Waals surface area contributed by atoms with Gasteiger partial charge in [0.2, 0.25) is 11.8 Å². The molecule has 0 aromatic heterocycles. The summed E-state index contributed by atoms with van der Waals surface area (Å²) < 4.78 is 32.3. The van der Waals surface area contributed by atoms with Gasteiger partial charge in [-0.25, -0.2) is 8.42 Å². The van der Waals surface area contributed by atoms with Crippen LogP contribution in [0.2, 0.25) is 0 Å². The molecule has 1 aromatic rings. The van der Waals surface area contributed by atoms with Crippen LogP contribution < -0.4 is 5.32 Å². The maximum atomic E-state index is 13.5. The maximum Gasteiger partial charge on any atom is 0.226 e. The number of nitriles is 1. The Kier molecular flexibility index (Phi) is 6.03. The van der Waals surface area contributed by atoms with E-state index < -0.39 is 38.4 Å². The molecule has 2 amide bonds. The van der Waals surface area contributed by atoms with Crippen LogP contribution >= 0.6 is 0 Å². The predicted octanol–water partition coefficient (Wildman–Crippen LogP) is 1.91. The Morgan fingerprint density at radius 3 is 2.28 bits per heavy atom. The van der Waals surface area contributed by atoms with Gasteiger partial charge in [-0.15, -0.1) is 0 Å². The summed E-state index contributed by atoms with van der Waals surface area (Å²) in [5.74, 6) is -2.14. The number of hydrogen-bond acceptors (Lipinski definition) is 6. The summed E-state index contributed by atoms with van der Waals surface area (Å²) in [7, 11) is -3.70. The number of sulfone groups is 1. The predicted molar refractivity (Wildman–Crippen MR) is 118 cm³/mol. The van der Waals surface area contributed by atoms with E-state index in [1.165, 1.54) is 0 Å². The van der Waals surface area contributed by atoms with E-state index in [-0.39, 0.29) is 37.3 Å². The summed E-state index contributed by atoms with van der Waals surface area (Å²) in [4.78, 5) is 28.5. The van der Waals surface area contributed by atoms with E-state index in [4.69, 9.17) is 4.74 Å². The van der Waals surface area contributed by atoms with Gasteiger partial charge < -0.3 is 15.0 Å². The Balaban J connectivity index is 0.00000306. The van der Waals surface area contributed by atoms with Crippen LogP contribution in [0.5, 0.6) is 0 Å². The topological polar surface area (TPSA) is 117 Å². The molecule has 5 atom stereocenters. The van der Waals surface area contributed by atoms with Gasteiger partial charge in [0.05, 0.1) is 40.3 Å². The number of nitrogens with zero attached hydrogens (tertiary/aromatic N) is 2. The number of nitrogens with one attached hydrogen (secondary N) is 1. The highest BCUT2D eigenvalue weighted by atomic mass is 32.2. The van der Waals surface area contributed by atoms with Crippen molar-refractivity contribution in [1.82, 2.24) is 10.2 Å². The summed E-state index contributed by atoms with van der Waals surface area (Å²) in [5, 5.41) is 11.3. The van der Waals surface area contributed by atoms with Crippen molar-refractivity contribution in [3.05, 3.63) is 30.3 Å². The lowest BCUT2D eigenvalue weighted by Gasteiger charge is -2.37. The van der Waals surface area contributed by atoms with Crippen molar-refractivity contribution in [2.75, 3.05) is 13.1 Å². The van der Waals surface area contributed by atoms with Crippen molar-refractivity contribution < 1.29 is 24.2 Å². The molecule has 2 saturated carbocycles. The van der Waals surface area contributed by atoms with Gasteiger partial charge in [-0.2, -0.15) is 5.26 Å². The van der Waals surface area contributed by atoms with Crippen molar-refractivity contribution in [3.8, 4) is 6.07 Å². The van der Waals surface area contributed by atoms with Crippen molar-refractivity contribution in [2.45, 2.75) is 67.4 Å². The fourth-order valence-electron chi connectivity index (χ4n) is 4.92. The van der Waals surface area contributed by atoms with Crippen LogP contribution in [0.15, 0.2) is 35.2 Å². The SMILES string of the molecule is C[C@@H]1CN(C(=O)[C@@H]2C[C@H](S(=O)(=O)c3ccccc3)C[C@H]2C(=O)NC2(C#N)CC2)C[C@H](C)O1.[HH]. The van der Waals surface area contributed by atoms with Crippen LogP contribution in [0.3, 0.4) is 0 Å². The van der Waals surface area contributed by atoms with E-state index in [0.29, 0.717) is 25.9 Å². The first-order chi connectivity index (χ1) is 15.1. The number of amides is 2. The molecule has 3 fully saturated rings. The van der Waals surface area contributed by atoms with Crippen molar-refractivity contribution in [3.63, 3.8) is 0 Å². The van der Waals surface area contributed by atoms with Gasteiger partial charge in [0.15, 0.2) is 9.84 Å². The fourth-order valence-corrected chi connectivity index (χ4v) is 6.76. The Bertz CT molecular complexity index is 1030. The Labute approximate surface area is 190 Å². The summed E-state index contributed by atoms with van der Waals surface area (Å²) in [6, 6.07) is 10.3. The summed E-state index contributed by atoms with van der Waals surface area (Å²) in [6.45, 7) is 4.60. The molecular formula is C23H31N3O5S. The van der Waals surface area contributed by atoms with Gasteiger partial charge in [0.25, 0.3) is 0 Å². The molecular weight excluding hydrogens is 430 g/mol. The molecule has 8 nitrogen and oxygen atoms in total. The molecule has 2 aliphatic carbocycles. The highest BCUT2D eigenvalue weighted by molar-refractivity contribution is 7.92. The highest BCUT2D eigenvalue weighted by Crippen LogP contribution is 2.42. The van der Waals surface area contributed by atoms with Crippen LogP contribution in [0.1, 0.15) is 41.0 Å². The van der Waals surface area contributed by atoms with Crippen LogP contribution in [0.4, 0.5) is 0 Å². The summed E-state index contributed by atoms with van der Waals surface area (Å²) >= 11 is 0. The molecule has 0 spiro atoms. The molecule has 1 heterocycles. The average molecular weight is 462 g/mol. The lowest BCUT2D eigenvalue weighted by molar-refractivity contribution is -0.150. The van der Waals surface area contributed by atoms with E-state index in [1.807, 2.05) is 13.8 Å².